The topological polar surface area (TPSA) is 59.9 Å². The highest BCUT2D eigenvalue weighted by Crippen LogP contribution is 2.35. The van der Waals surface area contributed by atoms with Gasteiger partial charge in [0.25, 0.3) is 5.91 Å². The molecule has 0 spiro atoms. The molecule has 1 amide bonds. The lowest BCUT2D eigenvalue weighted by Gasteiger charge is -2.13. The first-order valence-corrected chi connectivity index (χ1v) is 11.9. The van der Waals surface area contributed by atoms with E-state index >= 15 is 0 Å². The van der Waals surface area contributed by atoms with Crippen LogP contribution in [0, 0.1) is 5.82 Å². The Morgan fingerprint density at radius 1 is 1.06 bits per heavy atom. The minimum Gasteiger partial charge on any atom is -0.490 e. The van der Waals surface area contributed by atoms with Crippen LogP contribution in [0.1, 0.15) is 18.1 Å². The standard InChI is InChI=1S/C25H19Cl2FN2O3S/c1-2-32-21-12-15(9-10-20(21)33-14-16-5-3-6-17(28)11-16)13-22-24(31)30-25(34-22)29-19-8-4-7-18(26)23(19)27/h3-13H,2,14H2,1H3,(H,29,30,31)/b22-13-. The van der Waals surface area contributed by atoms with Crippen LogP contribution in [0.3, 0.4) is 0 Å². The average Bonchev–Trinajstić information content (AvgIpc) is 3.15. The summed E-state index contributed by atoms with van der Waals surface area (Å²) in [5.41, 5.74) is 1.93. The SMILES string of the molecule is CCOc1cc(/C=C2\SC(=Nc3cccc(Cl)c3Cl)NC2=O)ccc1OCc1cccc(F)c1. The molecule has 5 nitrogen and oxygen atoms in total. The second kappa shape index (κ2) is 11.0. The Kier molecular flexibility index (Phi) is 7.77. The molecule has 1 saturated heterocycles. The number of ether oxygens (including phenoxy) is 2. The number of hydrogen-bond acceptors (Lipinski definition) is 5. The monoisotopic (exact) mass is 516 g/mol. The number of thioether (sulfide) groups is 1. The van der Waals surface area contributed by atoms with Crippen molar-refractivity contribution in [3.63, 3.8) is 0 Å². The molecule has 0 aliphatic carbocycles. The van der Waals surface area contributed by atoms with Crippen LogP contribution >= 0.6 is 35.0 Å². The molecule has 9 heteroatoms. The molecule has 3 aromatic carbocycles. The fourth-order valence-electron chi connectivity index (χ4n) is 3.11. The first-order valence-electron chi connectivity index (χ1n) is 10.3. The van der Waals surface area contributed by atoms with Gasteiger partial charge in [0.05, 0.1) is 27.2 Å². The molecular weight excluding hydrogens is 498 g/mol. The van der Waals surface area contributed by atoms with E-state index in [1.165, 1.54) is 23.9 Å². The van der Waals surface area contributed by atoms with E-state index in [9.17, 15) is 9.18 Å². The molecule has 0 atom stereocenters. The number of halogens is 3. The minimum absolute atomic E-state index is 0.197. The van der Waals surface area contributed by atoms with Crippen molar-refractivity contribution in [3.05, 3.63) is 92.6 Å². The van der Waals surface area contributed by atoms with Gasteiger partial charge in [-0.1, -0.05) is 47.5 Å². The Balaban J connectivity index is 1.52. The molecule has 1 aliphatic heterocycles. The maximum atomic E-state index is 13.4. The number of hydrogen-bond donors (Lipinski definition) is 1. The van der Waals surface area contributed by atoms with Gasteiger partial charge in [0.1, 0.15) is 12.4 Å². The quantitative estimate of drug-likeness (QED) is 0.343. The number of nitrogens with zero attached hydrogens (tertiary/aromatic N) is 1. The third-order valence-corrected chi connectivity index (χ3v) is 6.37. The van der Waals surface area contributed by atoms with Crippen LogP contribution < -0.4 is 14.8 Å². The Bertz CT molecular complexity index is 1300. The largest absolute Gasteiger partial charge is 0.490 e. The fraction of sp³-hybridized carbons (Fsp3) is 0.120. The maximum absolute atomic E-state index is 13.4. The van der Waals surface area contributed by atoms with Gasteiger partial charge in [-0.05, 0) is 72.3 Å². The predicted molar refractivity (Wildman–Crippen MR) is 136 cm³/mol. The molecule has 0 saturated carbocycles. The first-order chi connectivity index (χ1) is 16.4. The van der Waals surface area contributed by atoms with E-state index in [4.69, 9.17) is 32.7 Å². The van der Waals surface area contributed by atoms with E-state index in [-0.39, 0.29) is 18.3 Å². The zero-order valence-electron chi connectivity index (χ0n) is 18.0. The lowest BCUT2D eigenvalue weighted by molar-refractivity contribution is -0.115. The number of amidine groups is 1. The molecule has 0 unspecified atom stereocenters. The van der Waals surface area contributed by atoms with E-state index in [0.29, 0.717) is 49.5 Å². The van der Waals surface area contributed by atoms with Crippen molar-refractivity contribution < 1.29 is 18.7 Å². The van der Waals surface area contributed by atoms with E-state index in [0.717, 1.165) is 5.56 Å². The van der Waals surface area contributed by atoms with Gasteiger partial charge >= 0.3 is 0 Å². The second-order valence-electron chi connectivity index (χ2n) is 7.11. The normalized spacial score (nSPS) is 15.6. The van der Waals surface area contributed by atoms with Crippen LogP contribution in [0.4, 0.5) is 10.1 Å². The number of benzene rings is 3. The Hall–Kier alpha value is -3.00. The van der Waals surface area contributed by atoms with Crippen molar-refractivity contribution in [2.75, 3.05) is 6.61 Å². The second-order valence-corrected chi connectivity index (χ2v) is 8.93. The third-order valence-electron chi connectivity index (χ3n) is 4.65. The smallest absolute Gasteiger partial charge is 0.264 e. The van der Waals surface area contributed by atoms with Crippen LogP contribution in [-0.4, -0.2) is 17.7 Å². The van der Waals surface area contributed by atoms with Crippen molar-refractivity contribution in [2.45, 2.75) is 13.5 Å². The van der Waals surface area contributed by atoms with Gasteiger partial charge in [-0.2, -0.15) is 0 Å². The molecule has 174 valence electrons. The van der Waals surface area contributed by atoms with Crippen molar-refractivity contribution >= 4 is 57.8 Å². The average molecular weight is 517 g/mol. The lowest BCUT2D eigenvalue weighted by Crippen LogP contribution is -2.19. The number of rotatable bonds is 7. The molecule has 1 heterocycles. The number of carbonyl (C=O) groups excluding carboxylic acids is 1. The predicted octanol–water partition coefficient (Wildman–Crippen LogP) is 7.00. The molecule has 4 rings (SSSR count). The molecule has 1 N–H and O–H groups in total. The summed E-state index contributed by atoms with van der Waals surface area (Å²) in [5.74, 6) is 0.457. The van der Waals surface area contributed by atoms with Crippen LogP contribution in [0.25, 0.3) is 6.08 Å². The summed E-state index contributed by atoms with van der Waals surface area (Å²) in [6.45, 7) is 2.50. The highest BCUT2D eigenvalue weighted by atomic mass is 35.5. The summed E-state index contributed by atoms with van der Waals surface area (Å²) >= 11 is 13.4. The summed E-state index contributed by atoms with van der Waals surface area (Å²) in [6.07, 6.45) is 1.74. The van der Waals surface area contributed by atoms with E-state index in [1.807, 2.05) is 13.0 Å². The summed E-state index contributed by atoms with van der Waals surface area (Å²) in [6, 6.07) is 16.7. The lowest BCUT2D eigenvalue weighted by atomic mass is 10.2. The van der Waals surface area contributed by atoms with E-state index < -0.39 is 0 Å². The summed E-state index contributed by atoms with van der Waals surface area (Å²) in [5, 5.41) is 3.84. The Morgan fingerprint density at radius 3 is 2.68 bits per heavy atom. The molecule has 0 aromatic heterocycles. The van der Waals surface area contributed by atoms with Crippen molar-refractivity contribution in [2.24, 2.45) is 4.99 Å². The van der Waals surface area contributed by atoms with Gasteiger partial charge in [0.2, 0.25) is 0 Å². The summed E-state index contributed by atoms with van der Waals surface area (Å²) < 4.78 is 25.0. The molecule has 0 radical (unpaired) electrons. The van der Waals surface area contributed by atoms with Gasteiger partial charge in [0, 0.05) is 0 Å². The van der Waals surface area contributed by atoms with Gasteiger partial charge in [-0.3, -0.25) is 4.79 Å². The van der Waals surface area contributed by atoms with Crippen LogP contribution in [0.5, 0.6) is 11.5 Å². The highest BCUT2D eigenvalue weighted by Gasteiger charge is 2.24. The van der Waals surface area contributed by atoms with Crippen molar-refractivity contribution in [1.82, 2.24) is 5.32 Å². The summed E-state index contributed by atoms with van der Waals surface area (Å²) in [7, 11) is 0. The molecule has 34 heavy (non-hydrogen) atoms. The number of nitrogens with one attached hydrogen (secondary N) is 1. The van der Waals surface area contributed by atoms with Gasteiger partial charge < -0.3 is 14.8 Å². The van der Waals surface area contributed by atoms with Gasteiger partial charge in [-0.15, -0.1) is 0 Å². The maximum Gasteiger partial charge on any atom is 0.264 e. The Labute approximate surface area is 210 Å². The zero-order chi connectivity index (χ0) is 24.1. The van der Waals surface area contributed by atoms with Crippen LogP contribution in [0.2, 0.25) is 10.0 Å². The van der Waals surface area contributed by atoms with E-state index in [1.54, 1.807) is 48.5 Å². The number of carbonyl (C=O) groups is 1. The van der Waals surface area contributed by atoms with Gasteiger partial charge in [-0.25, -0.2) is 9.38 Å². The highest BCUT2D eigenvalue weighted by molar-refractivity contribution is 8.18. The van der Waals surface area contributed by atoms with Crippen molar-refractivity contribution in [3.8, 4) is 11.5 Å². The molecule has 1 aliphatic rings. The fourth-order valence-corrected chi connectivity index (χ4v) is 4.28. The Morgan fingerprint density at radius 2 is 1.88 bits per heavy atom. The molecular formula is C25H19Cl2FN2O3S. The third kappa shape index (κ3) is 5.91. The van der Waals surface area contributed by atoms with Crippen molar-refractivity contribution in [1.29, 1.82) is 0 Å². The molecule has 3 aromatic rings. The zero-order valence-corrected chi connectivity index (χ0v) is 20.3. The van der Waals surface area contributed by atoms with Gasteiger partial charge in [0.15, 0.2) is 16.7 Å². The molecule has 1 fully saturated rings. The van der Waals surface area contributed by atoms with Crippen LogP contribution in [0.15, 0.2) is 70.6 Å². The first kappa shape index (κ1) is 24.1. The van der Waals surface area contributed by atoms with Crippen LogP contribution in [-0.2, 0) is 11.4 Å². The minimum atomic E-state index is -0.319. The number of aliphatic imine (C=N–C) groups is 1. The summed E-state index contributed by atoms with van der Waals surface area (Å²) in [4.78, 5) is 17.3. The van der Waals surface area contributed by atoms with E-state index in [2.05, 4.69) is 10.3 Å². The molecule has 0 bridgehead atoms. The number of amides is 1.